The fourth-order valence-corrected chi connectivity index (χ4v) is 1.60. The first-order chi connectivity index (χ1) is 8.56. The number of nitrogens with one attached hydrogen (secondary N) is 1. The average Bonchev–Trinajstić information content (AvgIpc) is 2.72. The lowest BCUT2D eigenvalue weighted by atomic mass is 10.1. The number of phenolic OH excluding ortho intramolecular Hbond substituents is 1. The van der Waals surface area contributed by atoms with Crippen molar-refractivity contribution in [3.63, 3.8) is 0 Å². The molecule has 5 nitrogen and oxygen atoms in total. The molecule has 0 aliphatic carbocycles. The lowest BCUT2D eigenvalue weighted by molar-refractivity contribution is 0.0947. The summed E-state index contributed by atoms with van der Waals surface area (Å²) in [7, 11) is 0. The zero-order valence-electron chi connectivity index (χ0n) is 10.2. The van der Waals surface area contributed by atoms with Crippen LogP contribution in [-0.2, 0) is 6.54 Å². The zero-order chi connectivity index (χ0) is 13.1. The number of hydrogen-bond acceptors (Lipinski definition) is 4. The maximum Gasteiger partial charge on any atom is 0.255 e. The van der Waals surface area contributed by atoms with E-state index in [4.69, 9.17) is 4.52 Å². The Morgan fingerprint density at radius 1 is 1.39 bits per heavy atom. The van der Waals surface area contributed by atoms with Crippen molar-refractivity contribution in [3.05, 3.63) is 46.8 Å². The molecule has 2 N–H and O–H groups in total. The van der Waals surface area contributed by atoms with E-state index in [0.717, 1.165) is 5.56 Å². The smallest absolute Gasteiger partial charge is 0.255 e. The molecule has 0 fully saturated rings. The van der Waals surface area contributed by atoms with Crippen LogP contribution in [0.25, 0.3) is 0 Å². The fraction of sp³-hybridized carbons (Fsp3) is 0.231. The van der Waals surface area contributed by atoms with Gasteiger partial charge >= 0.3 is 0 Å². The van der Waals surface area contributed by atoms with Crippen molar-refractivity contribution in [3.8, 4) is 5.75 Å². The Bertz CT molecular complexity index is 575. The highest BCUT2D eigenvalue weighted by atomic mass is 16.5. The number of carbonyl (C=O) groups is 1. The normalized spacial score (nSPS) is 10.3. The van der Waals surface area contributed by atoms with Crippen LogP contribution in [0.2, 0.25) is 0 Å². The molecule has 2 rings (SSSR count). The molecule has 94 valence electrons. The minimum Gasteiger partial charge on any atom is -0.507 e. The Labute approximate surface area is 104 Å². The number of hydrogen-bond donors (Lipinski definition) is 2. The Morgan fingerprint density at radius 3 is 2.78 bits per heavy atom. The second-order valence-electron chi connectivity index (χ2n) is 4.13. The summed E-state index contributed by atoms with van der Waals surface area (Å²) in [6.45, 7) is 3.90. The first-order valence-electron chi connectivity index (χ1n) is 5.56. The molecule has 0 unspecified atom stereocenters. The molecule has 0 saturated carbocycles. The average molecular weight is 246 g/mol. The van der Waals surface area contributed by atoms with Gasteiger partial charge in [0.1, 0.15) is 17.2 Å². The molecule has 0 atom stereocenters. The van der Waals surface area contributed by atoms with E-state index in [1.807, 2.05) is 6.92 Å². The predicted molar refractivity (Wildman–Crippen MR) is 65.3 cm³/mol. The van der Waals surface area contributed by atoms with E-state index in [1.165, 1.54) is 0 Å². The number of benzene rings is 1. The van der Waals surface area contributed by atoms with Crippen LogP contribution < -0.4 is 5.32 Å². The zero-order valence-corrected chi connectivity index (χ0v) is 10.2. The third kappa shape index (κ3) is 2.68. The minimum atomic E-state index is -0.340. The van der Waals surface area contributed by atoms with Crippen LogP contribution in [0.4, 0.5) is 0 Å². The van der Waals surface area contributed by atoms with E-state index in [2.05, 4.69) is 10.5 Å². The molecule has 5 heteroatoms. The van der Waals surface area contributed by atoms with Crippen LogP contribution in [0, 0.1) is 13.8 Å². The molecule has 1 amide bonds. The van der Waals surface area contributed by atoms with Crippen LogP contribution in [0.1, 0.15) is 27.4 Å². The second-order valence-corrected chi connectivity index (χ2v) is 4.13. The molecular weight excluding hydrogens is 232 g/mol. The van der Waals surface area contributed by atoms with Gasteiger partial charge in [0.2, 0.25) is 0 Å². The van der Waals surface area contributed by atoms with E-state index in [-0.39, 0.29) is 23.8 Å². The van der Waals surface area contributed by atoms with Crippen molar-refractivity contribution in [2.45, 2.75) is 20.4 Å². The number of aromatic nitrogens is 1. The summed E-state index contributed by atoms with van der Waals surface area (Å²) in [6.07, 6.45) is 0. The van der Waals surface area contributed by atoms with Gasteiger partial charge in [-0.3, -0.25) is 4.79 Å². The van der Waals surface area contributed by atoms with E-state index >= 15 is 0 Å². The van der Waals surface area contributed by atoms with Crippen molar-refractivity contribution in [2.75, 3.05) is 0 Å². The number of amides is 1. The quantitative estimate of drug-likeness (QED) is 0.867. The fourth-order valence-electron chi connectivity index (χ4n) is 1.60. The van der Waals surface area contributed by atoms with Gasteiger partial charge in [-0.25, -0.2) is 0 Å². The molecule has 0 spiro atoms. The SMILES string of the molecule is Cc1ccc(C(=O)NCc2cc(C)on2)c(O)c1. The van der Waals surface area contributed by atoms with Gasteiger partial charge in [-0.2, -0.15) is 0 Å². The van der Waals surface area contributed by atoms with Crippen molar-refractivity contribution in [2.24, 2.45) is 0 Å². The molecule has 0 bridgehead atoms. The Morgan fingerprint density at radius 2 is 2.17 bits per heavy atom. The van der Waals surface area contributed by atoms with E-state index in [9.17, 15) is 9.90 Å². The largest absolute Gasteiger partial charge is 0.507 e. The van der Waals surface area contributed by atoms with Crippen LogP contribution in [0.3, 0.4) is 0 Å². The molecule has 0 radical (unpaired) electrons. The summed E-state index contributed by atoms with van der Waals surface area (Å²) < 4.78 is 4.89. The molecule has 0 saturated heterocycles. The lowest BCUT2D eigenvalue weighted by Crippen LogP contribution is -2.23. The van der Waals surface area contributed by atoms with Crippen molar-refractivity contribution in [1.29, 1.82) is 0 Å². The van der Waals surface area contributed by atoms with Crippen molar-refractivity contribution in [1.82, 2.24) is 10.5 Å². The van der Waals surface area contributed by atoms with Crippen LogP contribution >= 0.6 is 0 Å². The van der Waals surface area contributed by atoms with Gasteiger partial charge < -0.3 is 14.9 Å². The summed E-state index contributed by atoms with van der Waals surface area (Å²) in [4.78, 5) is 11.8. The maximum atomic E-state index is 11.8. The third-order valence-corrected chi connectivity index (χ3v) is 2.50. The molecule has 0 aliphatic heterocycles. The Balaban J connectivity index is 2.03. The van der Waals surface area contributed by atoms with Gasteiger partial charge in [0.05, 0.1) is 12.1 Å². The monoisotopic (exact) mass is 246 g/mol. The summed E-state index contributed by atoms with van der Waals surface area (Å²) in [5.41, 5.74) is 1.80. The maximum absolute atomic E-state index is 11.8. The molecule has 1 aromatic carbocycles. The Hall–Kier alpha value is -2.30. The molecule has 1 aromatic heterocycles. The highest BCUT2D eigenvalue weighted by molar-refractivity contribution is 5.96. The number of phenols is 1. The van der Waals surface area contributed by atoms with Gasteiger partial charge in [-0.1, -0.05) is 11.2 Å². The topological polar surface area (TPSA) is 75.4 Å². The highest BCUT2D eigenvalue weighted by Gasteiger charge is 2.11. The summed E-state index contributed by atoms with van der Waals surface area (Å²) >= 11 is 0. The van der Waals surface area contributed by atoms with Gasteiger partial charge in [-0.05, 0) is 31.5 Å². The van der Waals surface area contributed by atoms with Crippen LogP contribution in [-0.4, -0.2) is 16.2 Å². The first-order valence-corrected chi connectivity index (χ1v) is 5.56. The molecule has 18 heavy (non-hydrogen) atoms. The van der Waals surface area contributed by atoms with Gasteiger partial charge in [0, 0.05) is 6.07 Å². The van der Waals surface area contributed by atoms with Crippen molar-refractivity contribution >= 4 is 5.91 Å². The summed E-state index contributed by atoms with van der Waals surface area (Å²) in [6, 6.07) is 6.66. The highest BCUT2D eigenvalue weighted by Crippen LogP contribution is 2.18. The molecular formula is C13H14N2O3. The second kappa shape index (κ2) is 4.91. The number of rotatable bonds is 3. The number of nitrogens with zero attached hydrogens (tertiary/aromatic N) is 1. The van der Waals surface area contributed by atoms with Crippen LogP contribution in [0.15, 0.2) is 28.8 Å². The molecule has 1 heterocycles. The standard InChI is InChI=1S/C13H14N2O3/c1-8-3-4-11(12(16)5-8)13(17)14-7-10-6-9(2)18-15-10/h3-6,16H,7H2,1-2H3,(H,14,17). The van der Waals surface area contributed by atoms with Gasteiger partial charge in [-0.15, -0.1) is 0 Å². The summed E-state index contributed by atoms with van der Waals surface area (Å²) in [5, 5.41) is 16.1. The third-order valence-electron chi connectivity index (χ3n) is 2.50. The Kier molecular flexibility index (Phi) is 3.32. The number of aromatic hydroxyl groups is 1. The van der Waals surface area contributed by atoms with E-state index in [0.29, 0.717) is 11.5 Å². The van der Waals surface area contributed by atoms with Crippen LogP contribution in [0.5, 0.6) is 5.75 Å². The lowest BCUT2D eigenvalue weighted by Gasteiger charge is -2.05. The van der Waals surface area contributed by atoms with Gasteiger partial charge in [0.15, 0.2) is 0 Å². The van der Waals surface area contributed by atoms with Gasteiger partial charge in [0.25, 0.3) is 5.91 Å². The number of aryl methyl sites for hydroxylation is 2. The summed E-state index contributed by atoms with van der Waals surface area (Å²) in [5.74, 6) is 0.328. The molecule has 2 aromatic rings. The first kappa shape index (κ1) is 12.2. The molecule has 0 aliphatic rings. The van der Waals surface area contributed by atoms with Crippen molar-refractivity contribution < 1.29 is 14.4 Å². The number of carbonyl (C=O) groups excluding carboxylic acids is 1. The van der Waals surface area contributed by atoms with E-state index in [1.54, 1.807) is 31.2 Å². The minimum absolute atomic E-state index is 0.0242. The predicted octanol–water partition coefficient (Wildman–Crippen LogP) is 1.93. The van der Waals surface area contributed by atoms with E-state index < -0.39 is 0 Å².